The molecule has 1 amide bonds. The molecule has 3 aromatic rings. The van der Waals surface area contributed by atoms with Crippen LogP contribution < -0.4 is 10.6 Å². The van der Waals surface area contributed by atoms with Crippen LogP contribution in [0.2, 0.25) is 0 Å². The Labute approximate surface area is 187 Å². The summed E-state index contributed by atoms with van der Waals surface area (Å²) in [6.45, 7) is 4.87. The zero-order valence-electron chi connectivity index (χ0n) is 18.2. The van der Waals surface area contributed by atoms with E-state index in [9.17, 15) is 4.79 Å². The number of benzene rings is 1. The smallest absolute Gasteiger partial charge is 0.221 e. The quantitative estimate of drug-likeness (QED) is 0.522. The number of carbonyl (C=O) groups excluding carboxylic acids is 1. The van der Waals surface area contributed by atoms with E-state index in [1.54, 1.807) is 17.7 Å². The van der Waals surface area contributed by atoms with Gasteiger partial charge in [0.25, 0.3) is 0 Å². The summed E-state index contributed by atoms with van der Waals surface area (Å²) in [5, 5.41) is 7.72. The lowest BCUT2D eigenvalue weighted by molar-refractivity contribution is -0.121. The molecule has 6 heteroatoms. The van der Waals surface area contributed by atoms with Crippen LogP contribution in [0.5, 0.6) is 0 Å². The minimum Gasteiger partial charge on any atom is -0.369 e. The molecule has 5 rings (SSSR count). The summed E-state index contributed by atoms with van der Waals surface area (Å²) in [6, 6.07) is 10.6. The highest BCUT2D eigenvalue weighted by Gasteiger charge is 2.42. The van der Waals surface area contributed by atoms with Gasteiger partial charge < -0.3 is 10.6 Å². The molecule has 2 aromatic heterocycles. The molecular formula is C25H30N4OS. The van der Waals surface area contributed by atoms with Gasteiger partial charge in [-0.2, -0.15) is 0 Å². The summed E-state index contributed by atoms with van der Waals surface area (Å²) in [4.78, 5) is 23.8. The first-order valence-electron chi connectivity index (χ1n) is 11.4. The van der Waals surface area contributed by atoms with Gasteiger partial charge in [-0.25, -0.2) is 9.97 Å². The zero-order chi connectivity index (χ0) is 21.4. The van der Waals surface area contributed by atoms with Gasteiger partial charge in [-0.1, -0.05) is 36.8 Å². The number of aromatic nitrogens is 2. The number of carbonyl (C=O) groups is 1. The van der Waals surface area contributed by atoms with Crippen LogP contribution in [0.3, 0.4) is 0 Å². The monoisotopic (exact) mass is 434 g/mol. The van der Waals surface area contributed by atoms with Crippen molar-refractivity contribution in [2.45, 2.75) is 52.0 Å². The number of amides is 1. The molecule has 4 unspecified atom stereocenters. The van der Waals surface area contributed by atoms with Gasteiger partial charge >= 0.3 is 0 Å². The predicted octanol–water partition coefficient (Wildman–Crippen LogP) is 5.41. The van der Waals surface area contributed by atoms with Crippen LogP contribution in [-0.2, 0) is 4.79 Å². The molecule has 2 saturated carbocycles. The Morgan fingerprint density at radius 2 is 2.03 bits per heavy atom. The van der Waals surface area contributed by atoms with Crippen molar-refractivity contribution in [1.29, 1.82) is 0 Å². The van der Waals surface area contributed by atoms with Gasteiger partial charge in [-0.05, 0) is 56.4 Å². The molecule has 0 aliphatic heterocycles. The molecule has 2 N–H and O–H groups in total. The third-order valence-corrected chi connectivity index (χ3v) is 8.21. The maximum Gasteiger partial charge on any atom is 0.221 e. The summed E-state index contributed by atoms with van der Waals surface area (Å²) in [7, 11) is 0. The Morgan fingerprint density at radius 3 is 2.77 bits per heavy atom. The number of rotatable bonds is 7. The lowest BCUT2D eigenvalue weighted by Gasteiger charge is -2.28. The Kier molecular flexibility index (Phi) is 5.65. The standard InChI is InChI=1S/C25H30N4OS/c1-15(20-13-17-8-9-19(20)12-17)29-21(30)10-11-26-24-23-22(18-6-4-3-5-7-18)16(2)31-25(23)28-14-27-24/h3-7,14-15,17,19-20H,8-13H2,1-2H3,(H,29,30)(H,26,27,28). The Hall–Kier alpha value is -2.47. The van der Waals surface area contributed by atoms with E-state index in [0.717, 1.165) is 27.9 Å². The first-order chi connectivity index (χ1) is 15.1. The van der Waals surface area contributed by atoms with Gasteiger partial charge in [0.15, 0.2) is 0 Å². The van der Waals surface area contributed by atoms with E-state index < -0.39 is 0 Å². The molecule has 31 heavy (non-hydrogen) atoms. The molecule has 2 aliphatic rings. The normalized spacial score (nSPS) is 23.2. The second-order valence-corrected chi connectivity index (χ2v) is 10.4. The van der Waals surface area contributed by atoms with Gasteiger partial charge in [0.1, 0.15) is 17.0 Å². The summed E-state index contributed by atoms with van der Waals surface area (Å²) in [6.07, 6.45) is 7.47. The number of anilines is 1. The molecule has 4 atom stereocenters. The SMILES string of the molecule is Cc1sc2ncnc(NCCC(=O)NC(C)C3CC4CCC3C4)c2c1-c1ccccc1. The average Bonchev–Trinajstić information content (AvgIpc) is 3.48. The van der Waals surface area contributed by atoms with Crippen LogP contribution in [0.1, 0.15) is 43.9 Å². The van der Waals surface area contributed by atoms with Gasteiger partial charge in [0, 0.05) is 29.4 Å². The molecule has 2 heterocycles. The average molecular weight is 435 g/mol. The number of nitrogens with zero attached hydrogens (tertiary/aromatic N) is 2. The lowest BCUT2D eigenvalue weighted by Crippen LogP contribution is -2.40. The van der Waals surface area contributed by atoms with Crippen molar-refractivity contribution in [3.8, 4) is 11.1 Å². The largest absolute Gasteiger partial charge is 0.369 e. The lowest BCUT2D eigenvalue weighted by atomic mass is 9.84. The third kappa shape index (κ3) is 4.05. The van der Waals surface area contributed by atoms with E-state index in [-0.39, 0.29) is 11.9 Å². The minimum atomic E-state index is 0.123. The summed E-state index contributed by atoms with van der Waals surface area (Å²) in [5.74, 6) is 3.33. The first kappa shape index (κ1) is 20.4. The summed E-state index contributed by atoms with van der Waals surface area (Å²) < 4.78 is 0. The van der Waals surface area contributed by atoms with Crippen molar-refractivity contribution in [3.63, 3.8) is 0 Å². The van der Waals surface area contributed by atoms with Gasteiger partial charge in [0.2, 0.25) is 5.91 Å². The van der Waals surface area contributed by atoms with Crippen molar-refractivity contribution in [2.24, 2.45) is 17.8 Å². The van der Waals surface area contributed by atoms with Crippen molar-refractivity contribution in [1.82, 2.24) is 15.3 Å². The van der Waals surface area contributed by atoms with Gasteiger partial charge in [-0.3, -0.25) is 4.79 Å². The Balaban J connectivity index is 1.24. The van der Waals surface area contributed by atoms with Crippen molar-refractivity contribution < 1.29 is 4.79 Å². The van der Waals surface area contributed by atoms with Crippen LogP contribution in [0.15, 0.2) is 36.7 Å². The fourth-order valence-corrected chi connectivity index (χ4v) is 6.78. The maximum atomic E-state index is 12.6. The fourth-order valence-electron chi connectivity index (χ4n) is 5.76. The Morgan fingerprint density at radius 1 is 1.19 bits per heavy atom. The highest BCUT2D eigenvalue weighted by molar-refractivity contribution is 7.19. The number of aryl methyl sites for hydroxylation is 1. The van der Waals surface area contributed by atoms with Crippen molar-refractivity contribution in [2.75, 3.05) is 11.9 Å². The Bertz CT molecular complexity index is 1080. The number of hydrogen-bond donors (Lipinski definition) is 2. The van der Waals surface area contributed by atoms with E-state index in [2.05, 4.69) is 58.7 Å². The number of nitrogens with one attached hydrogen (secondary N) is 2. The maximum absolute atomic E-state index is 12.6. The second-order valence-electron chi connectivity index (χ2n) is 9.17. The van der Waals surface area contributed by atoms with Gasteiger partial charge in [-0.15, -0.1) is 11.3 Å². The topological polar surface area (TPSA) is 66.9 Å². The zero-order valence-corrected chi connectivity index (χ0v) is 19.0. The molecular weight excluding hydrogens is 404 g/mol. The summed E-state index contributed by atoms with van der Waals surface area (Å²) >= 11 is 1.69. The van der Waals surface area contributed by atoms with E-state index in [0.29, 0.717) is 18.9 Å². The van der Waals surface area contributed by atoms with E-state index in [4.69, 9.17) is 0 Å². The van der Waals surface area contributed by atoms with Crippen molar-refractivity contribution in [3.05, 3.63) is 41.5 Å². The highest BCUT2D eigenvalue weighted by Crippen LogP contribution is 2.49. The first-order valence-corrected chi connectivity index (χ1v) is 12.2. The number of fused-ring (bicyclic) bond motifs is 3. The van der Waals surface area contributed by atoms with Crippen LogP contribution in [-0.4, -0.2) is 28.5 Å². The summed E-state index contributed by atoms with van der Waals surface area (Å²) in [5.41, 5.74) is 2.35. The number of thiophene rings is 1. The van der Waals surface area contributed by atoms with E-state index in [1.165, 1.54) is 41.7 Å². The number of hydrogen-bond acceptors (Lipinski definition) is 5. The second kappa shape index (κ2) is 8.58. The molecule has 2 bridgehead atoms. The van der Waals surface area contributed by atoms with Crippen LogP contribution >= 0.6 is 11.3 Å². The molecule has 2 aliphatic carbocycles. The molecule has 5 nitrogen and oxygen atoms in total. The van der Waals surface area contributed by atoms with E-state index in [1.807, 2.05) is 6.07 Å². The highest BCUT2D eigenvalue weighted by atomic mass is 32.1. The molecule has 0 radical (unpaired) electrons. The molecule has 162 valence electrons. The van der Waals surface area contributed by atoms with Crippen LogP contribution in [0, 0.1) is 24.7 Å². The predicted molar refractivity (Wildman–Crippen MR) is 127 cm³/mol. The molecule has 0 spiro atoms. The van der Waals surface area contributed by atoms with Gasteiger partial charge in [0.05, 0.1) is 5.39 Å². The molecule has 0 saturated heterocycles. The molecule has 1 aromatic carbocycles. The van der Waals surface area contributed by atoms with E-state index >= 15 is 0 Å². The fraction of sp³-hybridized carbons (Fsp3) is 0.480. The van der Waals surface area contributed by atoms with Crippen LogP contribution in [0.4, 0.5) is 5.82 Å². The third-order valence-electron chi connectivity index (χ3n) is 7.19. The minimum absolute atomic E-state index is 0.123. The van der Waals surface area contributed by atoms with Crippen LogP contribution in [0.25, 0.3) is 21.3 Å². The van der Waals surface area contributed by atoms with Crippen molar-refractivity contribution >= 4 is 33.3 Å². The molecule has 2 fully saturated rings.